The minimum atomic E-state index is -0.690. The summed E-state index contributed by atoms with van der Waals surface area (Å²) in [6, 6.07) is 9.83. The van der Waals surface area contributed by atoms with Gasteiger partial charge in [-0.1, -0.05) is 6.92 Å². The van der Waals surface area contributed by atoms with Crippen LogP contribution >= 0.6 is 11.3 Å². The number of anilines is 2. The van der Waals surface area contributed by atoms with E-state index in [1.54, 1.807) is 6.07 Å². The second kappa shape index (κ2) is 9.88. The van der Waals surface area contributed by atoms with Crippen molar-refractivity contribution in [1.29, 1.82) is 10.5 Å². The average molecular weight is 436 g/mol. The molecule has 0 radical (unpaired) electrons. The molecule has 31 heavy (non-hydrogen) atoms. The third-order valence-corrected chi connectivity index (χ3v) is 6.02. The Bertz CT molecular complexity index is 1090. The maximum absolute atomic E-state index is 12.3. The lowest BCUT2D eigenvalue weighted by molar-refractivity contribution is -0.119. The first kappa shape index (κ1) is 22.0. The molecule has 1 aromatic carbocycles. The Labute approximate surface area is 183 Å². The van der Waals surface area contributed by atoms with Crippen LogP contribution in [0.3, 0.4) is 0 Å². The van der Waals surface area contributed by atoms with Gasteiger partial charge in [0.15, 0.2) is 6.61 Å². The van der Waals surface area contributed by atoms with Crippen LogP contribution in [0.2, 0.25) is 0 Å². The zero-order valence-electron chi connectivity index (χ0n) is 16.9. The van der Waals surface area contributed by atoms with Crippen molar-refractivity contribution in [2.45, 2.75) is 32.6 Å². The number of ether oxygens (including phenoxy) is 1. The molecule has 2 aromatic rings. The fourth-order valence-electron chi connectivity index (χ4n) is 3.30. The predicted octanol–water partition coefficient (Wildman–Crippen LogP) is 3.39. The smallest absolute Gasteiger partial charge is 0.338 e. The molecule has 1 heterocycles. The van der Waals surface area contributed by atoms with Gasteiger partial charge < -0.3 is 15.4 Å². The summed E-state index contributed by atoms with van der Waals surface area (Å²) in [5.41, 5.74) is 2.17. The largest absolute Gasteiger partial charge is 0.452 e. The number of amides is 2. The Hall–Kier alpha value is -3.69. The molecule has 0 unspecified atom stereocenters. The van der Waals surface area contributed by atoms with Gasteiger partial charge in [-0.3, -0.25) is 9.59 Å². The van der Waals surface area contributed by atoms with Crippen molar-refractivity contribution in [3.8, 4) is 12.1 Å². The van der Waals surface area contributed by atoms with Crippen LogP contribution in [0.25, 0.3) is 0 Å². The molecule has 3 rings (SSSR count). The summed E-state index contributed by atoms with van der Waals surface area (Å²) >= 11 is 1.41. The monoisotopic (exact) mass is 436 g/mol. The molecule has 1 aliphatic rings. The van der Waals surface area contributed by atoms with Gasteiger partial charge in [-0.25, -0.2) is 4.79 Å². The zero-order valence-corrected chi connectivity index (χ0v) is 17.7. The predicted molar refractivity (Wildman–Crippen MR) is 114 cm³/mol. The summed E-state index contributed by atoms with van der Waals surface area (Å²) in [5, 5.41) is 23.7. The number of benzene rings is 1. The summed E-state index contributed by atoms with van der Waals surface area (Å²) in [6.45, 7) is 1.68. The molecule has 0 saturated heterocycles. The molecule has 0 bridgehead atoms. The van der Waals surface area contributed by atoms with E-state index in [1.165, 1.54) is 35.6 Å². The lowest BCUT2D eigenvalue weighted by Crippen LogP contribution is -2.21. The Morgan fingerprint density at radius 1 is 1.16 bits per heavy atom. The van der Waals surface area contributed by atoms with Crippen molar-refractivity contribution in [1.82, 2.24) is 0 Å². The fraction of sp³-hybridized carbons (Fsp3) is 0.318. The molecule has 0 saturated carbocycles. The minimum Gasteiger partial charge on any atom is -0.452 e. The zero-order chi connectivity index (χ0) is 22.4. The number of nitrogens with zero attached hydrogens (tertiary/aromatic N) is 2. The highest BCUT2D eigenvalue weighted by molar-refractivity contribution is 7.16. The Morgan fingerprint density at radius 2 is 1.90 bits per heavy atom. The van der Waals surface area contributed by atoms with E-state index in [0.29, 0.717) is 22.2 Å². The Kier molecular flexibility index (Phi) is 7.01. The van der Waals surface area contributed by atoms with Gasteiger partial charge in [-0.15, -0.1) is 11.3 Å². The van der Waals surface area contributed by atoms with Gasteiger partial charge in [0.2, 0.25) is 5.91 Å². The maximum Gasteiger partial charge on any atom is 0.338 e. The van der Waals surface area contributed by atoms with Gasteiger partial charge in [0.25, 0.3) is 5.91 Å². The van der Waals surface area contributed by atoms with Gasteiger partial charge in [0.1, 0.15) is 17.5 Å². The molecule has 2 amide bonds. The number of carbonyl (C=O) groups is 3. The number of nitriles is 2. The number of nitrogens with one attached hydrogen (secondary N) is 2. The average Bonchev–Trinajstić information content (AvgIpc) is 3.08. The molecule has 9 heteroatoms. The molecule has 1 aliphatic carbocycles. The molecule has 2 N–H and O–H groups in total. The molecule has 1 atom stereocenters. The number of hydrogen-bond donors (Lipinski definition) is 2. The third kappa shape index (κ3) is 5.47. The molecule has 1 aromatic heterocycles. The van der Waals surface area contributed by atoms with Crippen molar-refractivity contribution in [2.24, 2.45) is 5.92 Å². The first-order chi connectivity index (χ1) is 14.9. The number of carbonyl (C=O) groups excluding carboxylic acids is 3. The summed E-state index contributed by atoms with van der Waals surface area (Å²) in [6.07, 6.45) is 2.48. The summed E-state index contributed by atoms with van der Waals surface area (Å²) in [7, 11) is 0. The van der Waals surface area contributed by atoms with Gasteiger partial charge >= 0.3 is 5.97 Å². The van der Waals surface area contributed by atoms with Crippen LogP contribution in [-0.2, 0) is 27.2 Å². The normalized spacial score (nSPS) is 14.5. The second-order valence-electron chi connectivity index (χ2n) is 7.25. The van der Waals surface area contributed by atoms with E-state index in [9.17, 15) is 19.6 Å². The molecule has 0 fully saturated rings. The molecule has 0 spiro atoms. The minimum absolute atomic E-state index is 0.212. The SMILES string of the molecule is C[C@H]1CCc2c(sc(NC(=O)COC(=O)c3ccc(NC(=O)CC#N)cc3)c2C#N)C1. The number of esters is 1. The van der Waals surface area contributed by atoms with Crippen LogP contribution in [0.5, 0.6) is 0 Å². The third-order valence-electron chi connectivity index (χ3n) is 4.85. The van der Waals surface area contributed by atoms with Gasteiger partial charge in [-0.05, 0) is 55.0 Å². The van der Waals surface area contributed by atoms with Crippen LogP contribution in [-0.4, -0.2) is 24.4 Å². The van der Waals surface area contributed by atoms with E-state index < -0.39 is 24.4 Å². The topological polar surface area (TPSA) is 132 Å². The van der Waals surface area contributed by atoms with Crippen molar-refractivity contribution in [3.05, 3.63) is 45.8 Å². The van der Waals surface area contributed by atoms with Crippen LogP contribution in [0.1, 0.15) is 46.1 Å². The van der Waals surface area contributed by atoms with Crippen LogP contribution < -0.4 is 10.6 Å². The lowest BCUT2D eigenvalue weighted by Gasteiger charge is -2.17. The highest BCUT2D eigenvalue weighted by Gasteiger charge is 2.24. The highest BCUT2D eigenvalue weighted by Crippen LogP contribution is 2.39. The first-order valence-electron chi connectivity index (χ1n) is 9.69. The number of hydrogen-bond acceptors (Lipinski definition) is 7. The van der Waals surface area contributed by atoms with E-state index in [0.717, 1.165) is 29.7 Å². The Balaban J connectivity index is 1.55. The summed E-state index contributed by atoms with van der Waals surface area (Å²) < 4.78 is 5.05. The van der Waals surface area contributed by atoms with E-state index >= 15 is 0 Å². The van der Waals surface area contributed by atoms with E-state index in [-0.39, 0.29) is 12.0 Å². The fourth-order valence-corrected chi connectivity index (χ4v) is 4.68. The summed E-state index contributed by atoms with van der Waals surface area (Å²) in [4.78, 5) is 37.0. The number of rotatable bonds is 6. The van der Waals surface area contributed by atoms with E-state index in [4.69, 9.17) is 10.00 Å². The standard InChI is InChI=1S/C22H20N4O4S/c1-13-2-7-16-17(11-24)21(31-18(16)10-13)26-20(28)12-30-22(29)14-3-5-15(6-4-14)25-19(27)8-9-23/h3-6,13H,2,7-8,10,12H2,1H3,(H,25,27)(H,26,28)/t13-/m0/s1. The van der Waals surface area contributed by atoms with Crippen LogP contribution in [0.15, 0.2) is 24.3 Å². The van der Waals surface area contributed by atoms with Crippen molar-refractivity contribution >= 4 is 39.8 Å². The molecule has 0 aliphatic heterocycles. The van der Waals surface area contributed by atoms with E-state index in [2.05, 4.69) is 23.6 Å². The van der Waals surface area contributed by atoms with E-state index in [1.807, 2.05) is 0 Å². The van der Waals surface area contributed by atoms with Gasteiger partial charge in [-0.2, -0.15) is 10.5 Å². The molecular weight excluding hydrogens is 416 g/mol. The quantitative estimate of drug-likeness (QED) is 0.667. The van der Waals surface area contributed by atoms with Crippen molar-refractivity contribution in [3.63, 3.8) is 0 Å². The molecular formula is C22H20N4O4S. The summed E-state index contributed by atoms with van der Waals surface area (Å²) in [5.74, 6) is -1.11. The van der Waals surface area contributed by atoms with Crippen LogP contribution in [0, 0.1) is 28.6 Å². The number of fused-ring (bicyclic) bond motifs is 1. The molecule has 158 valence electrons. The van der Waals surface area contributed by atoms with Gasteiger partial charge in [0.05, 0.1) is 17.2 Å². The highest BCUT2D eigenvalue weighted by atomic mass is 32.1. The first-order valence-corrected chi connectivity index (χ1v) is 10.5. The Morgan fingerprint density at radius 3 is 2.58 bits per heavy atom. The van der Waals surface area contributed by atoms with Crippen molar-refractivity contribution < 1.29 is 19.1 Å². The number of thiophene rings is 1. The van der Waals surface area contributed by atoms with Crippen molar-refractivity contribution in [2.75, 3.05) is 17.2 Å². The lowest BCUT2D eigenvalue weighted by atomic mass is 9.89. The maximum atomic E-state index is 12.3. The van der Waals surface area contributed by atoms with Crippen LogP contribution in [0.4, 0.5) is 10.7 Å². The second-order valence-corrected chi connectivity index (χ2v) is 8.36. The molecule has 8 nitrogen and oxygen atoms in total. The van der Waals surface area contributed by atoms with Gasteiger partial charge in [0, 0.05) is 10.6 Å².